The van der Waals surface area contributed by atoms with Gasteiger partial charge in [-0.25, -0.2) is 4.79 Å². The van der Waals surface area contributed by atoms with Gasteiger partial charge < -0.3 is 25.1 Å². The molecule has 3 aromatic rings. The summed E-state index contributed by atoms with van der Waals surface area (Å²) in [6.07, 6.45) is 0.474. The van der Waals surface area contributed by atoms with Gasteiger partial charge in [-0.2, -0.15) is 0 Å². The Hall–Kier alpha value is -3.48. The molecule has 0 atom stereocenters. The number of hydrogen-bond acceptors (Lipinski definition) is 4. The largest absolute Gasteiger partial charge is 0.497 e. The van der Waals surface area contributed by atoms with Crippen molar-refractivity contribution in [3.05, 3.63) is 54.1 Å². The molecule has 0 fully saturated rings. The summed E-state index contributed by atoms with van der Waals surface area (Å²) in [5.41, 5.74) is 4.20. The SMILES string of the molecule is CCOC(=O)NCCNC(=O)CCc1c(-c2ccc(OC)cc2)[nH]c2ccccc12. The molecule has 7 heteroatoms. The average molecular weight is 409 g/mol. The van der Waals surface area contributed by atoms with E-state index < -0.39 is 6.09 Å². The number of methoxy groups -OCH3 is 1. The number of hydrogen-bond donors (Lipinski definition) is 3. The highest BCUT2D eigenvalue weighted by Gasteiger charge is 2.14. The van der Waals surface area contributed by atoms with Gasteiger partial charge in [-0.3, -0.25) is 4.79 Å². The number of ether oxygens (including phenoxy) is 2. The van der Waals surface area contributed by atoms with E-state index >= 15 is 0 Å². The van der Waals surface area contributed by atoms with Crippen LogP contribution < -0.4 is 15.4 Å². The molecule has 0 spiro atoms. The molecule has 0 saturated heterocycles. The van der Waals surface area contributed by atoms with Crippen LogP contribution >= 0.6 is 0 Å². The van der Waals surface area contributed by atoms with E-state index in [2.05, 4.69) is 21.7 Å². The van der Waals surface area contributed by atoms with Crippen molar-refractivity contribution in [1.29, 1.82) is 0 Å². The molecular weight excluding hydrogens is 382 g/mol. The topological polar surface area (TPSA) is 92.5 Å². The van der Waals surface area contributed by atoms with Crippen molar-refractivity contribution < 1.29 is 19.1 Å². The summed E-state index contributed by atoms with van der Waals surface area (Å²) in [5.74, 6) is 0.735. The fourth-order valence-electron chi connectivity index (χ4n) is 3.34. The van der Waals surface area contributed by atoms with Crippen molar-refractivity contribution in [3.8, 4) is 17.0 Å². The number of rotatable bonds is 9. The van der Waals surface area contributed by atoms with Crippen molar-refractivity contribution in [2.24, 2.45) is 0 Å². The number of aromatic nitrogens is 1. The molecule has 0 saturated carbocycles. The van der Waals surface area contributed by atoms with Gasteiger partial charge in [0.15, 0.2) is 0 Å². The van der Waals surface area contributed by atoms with Crippen molar-refractivity contribution in [1.82, 2.24) is 15.6 Å². The van der Waals surface area contributed by atoms with E-state index in [1.54, 1.807) is 14.0 Å². The van der Waals surface area contributed by atoms with E-state index in [0.29, 0.717) is 32.5 Å². The van der Waals surface area contributed by atoms with Gasteiger partial charge >= 0.3 is 6.09 Å². The third kappa shape index (κ3) is 5.31. The lowest BCUT2D eigenvalue weighted by Gasteiger charge is -2.08. The van der Waals surface area contributed by atoms with Crippen LogP contribution in [0.25, 0.3) is 22.2 Å². The van der Waals surface area contributed by atoms with E-state index in [9.17, 15) is 9.59 Å². The molecule has 7 nitrogen and oxygen atoms in total. The molecule has 158 valence electrons. The molecule has 0 aliphatic heterocycles. The Kier molecular flexibility index (Phi) is 7.32. The number of fused-ring (bicyclic) bond motifs is 1. The lowest BCUT2D eigenvalue weighted by atomic mass is 10.0. The minimum atomic E-state index is -0.477. The second-order valence-electron chi connectivity index (χ2n) is 6.75. The molecule has 2 aromatic carbocycles. The van der Waals surface area contributed by atoms with Gasteiger partial charge in [0, 0.05) is 36.1 Å². The smallest absolute Gasteiger partial charge is 0.407 e. The molecule has 0 aliphatic rings. The Labute approximate surface area is 175 Å². The maximum absolute atomic E-state index is 12.3. The van der Waals surface area contributed by atoms with E-state index in [-0.39, 0.29) is 5.91 Å². The van der Waals surface area contributed by atoms with Crippen LogP contribution in [0.15, 0.2) is 48.5 Å². The van der Waals surface area contributed by atoms with Gasteiger partial charge in [0.25, 0.3) is 0 Å². The normalized spacial score (nSPS) is 10.6. The molecular formula is C23H27N3O4. The van der Waals surface area contributed by atoms with Crippen LogP contribution in [0, 0.1) is 0 Å². The minimum absolute atomic E-state index is 0.0633. The number of H-pyrrole nitrogens is 1. The third-order valence-corrected chi connectivity index (χ3v) is 4.79. The van der Waals surface area contributed by atoms with Crippen molar-refractivity contribution in [2.45, 2.75) is 19.8 Å². The van der Waals surface area contributed by atoms with Gasteiger partial charge in [0.05, 0.1) is 13.7 Å². The fourth-order valence-corrected chi connectivity index (χ4v) is 3.34. The predicted octanol–water partition coefficient (Wildman–Crippen LogP) is 3.64. The van der Waals surface area contributed by atoms with E-state index in [4.69, 9.17) is 9.47 Å². The van der Waals surface area contributed by atoms with Gasteiger partial charge in [0.1, 0.15) is 5.75 Å². The van der Waals surface area contributed by atoms with E-state index in [0.717, 1.165) is 33.5 Å². The van der Waals surface area contributed by atoms with Crippen LogP contribution in [-0.2, 0) is 16.0 Å². The molecule has 1 heterocycles. The van der Waals surface area contributed by atoms with Crippen molar-refractivity contribution >= 4 is 22.9 Å². The standard InChI is InChI=1S/C23H27N3O4/c1-3-30-23(28)25-15-14-24-21(27)13-12-19-18-6-4-5-7-20(18)26-22(19)16-8-10-17(29-2)11-9-16/h4-11,26H,3,12-15H2,1-2H3,(H,24,27)(H,25,28). The Morgan fingerprint density at radius 1 is 1.00 bits per heavy atom. The van der Waals surface area contributed by atoms with Crippen LogP contribution in [-0.4, -0.2) is 43.8 Å². The maximum atomic E-state index is 12.3. The Balaban J connectivity index is 1.66. The number of aryl methyl sites for hydroxylation is 1. The van der Waals surface area contributed by atoms with Gasteiger partial charge in [-0.1, -0.05) is 18.2 Å². The molecule has 1 aromatic heterocycles. The highest BCUT2D eigenvalue weighted by Crippen LogP contribution is 2.32. The highest BCUT2D eigenvalue weighted by atomic mass is 16.5. The van der Waals surface area contributed by atoms with Crippen LogP contribution in [0.1, 0.15) is 18.9 Å². The number of para-hydroxylation sites is 1. The Bertz CT molecular complexity index is 995. The second-order valence-corrected chi connectivity index (χ2v) is 6.75. The summed E-state index contributed by atoms with van der Waals surface area (Å²) in [6, 6.07) is 16.0. The number of amides is 2. The van der Waals surface area contributed by atoms with Crippen LogP contribution in [0.4, 0.5) is 4.79 Å². The predicted molar refractivity (Wildman–Crippen MR) is 117 cm³/mol. The lowest BCUT2D eigenvalue weighted by Crippen LogP contribution is -2.35. The molecule has 0 aliphatic carbocycles. The van der Waals surface area contributed by atoms with Crippen LogP contribution in [0.2, 0.25) is 0 Å². The zero-order valence-electron chi connectivity index (χ0n) is 17.3. The van der Waals surface area contributed by atoms with Crippen molar-refractivity contribution in [3.63, 3.8) is 0 Å². The summed E-state index contributed by atoms with van der Waals surface area (Å²) in [4.78, 5) is 27.0. The minimum Gasteiger partial charge on any atom is -0.497 e. The molecule has 0 bridgehead atoms. The van der Waals surface area contributed by atoms with Crippen LogP contribution in [0.5, 0.6) is 5.75 Å². The quantitative estimate of drug-likeness (QED) is 0.471. The third-order valence-electron chi connectivity index (χ3n) is 4.79. The van der Waals surface area contributed by atoms with Gasteiger partial charge in [-0.15, -0.1) is 0 Å². The van der Waals surface area contributed by atoms with E-state index in [1.807, 2.05) is 42.5 Å². The number of carbonyl (C=O) groups is 2. The highest BCUT2D eigenvalue weighted by molar-refractivity contribution is 5.91. The van der Waals surface area contributed by atoms with E-state index in [1.165, 1.54) is 0 Å². The monoisotopic (exact) mass is 409 g/mol. The summed E-state index contributed by atoms with van der Waals surface area (Å²) in [7, 11) is 1.64. The first kappa shape index (κ1) is 21.2. The molecule has 3 N–H and O–H groups in total. The fraction of sp³-hybridized carbons (Fsp3) is 0.304. The number of aromatic amines is 1. The van der Waals surface area contributed by atoms with Crippen molar-refractivity contribution in [2.75, 3.05) is 26.8 Å². The number of nitrogens with one attached hydrogen (secondary N) is 3. The summed E-state index contributed by atoms with van der Waals surface area (Å²) < 4.78 is 10.0. The lowest BCUT2D eigenvalue weighted by molar-refractivity contribution is -0.121. The molecule has 3 rings (SSSR count). The van der Waals surface area contributed by atoms with Gasteiger partial charge in [-0.05, 0) is 54.8 Å². The summed E-state index contributed by atoms with van der Waals surface area (Å²) in [6.45, 7) is 2.75. The number of alkyl carbamates (subject to hydrolysis) is 1. The molecule has 2 amide bonds. The Morgan fingerprint density at radius 3 is 2.47 bits per heavy atom. The first-order valence-corrected chi connectivity index (χ1v) is 10.0. The number of carbonyl (C=O) groups excluding carboxylic acids is 2. The van der Waals surface area contributed by atoms with Gasteiger partial charge in [0.2, 0.25) is 5.91 Å². The maximum Gasteiger partial charge on any atom is 0.407 e. The molecule has 0 unspecified atom stereocenters. The molecule has 0 radical (unpaired) electrons. The Morgan fingerprint density at radius 2 is 1.73 bits per heavy atom. The zero-order chi connectivity index (χ0) is 21.3. The first-order valence-electron chi connectivity index (χ1n) is 10.0. The zero-order valence-corrected chi connectivity index (χ0v) is 17.3. The first-order chi connectivity index (χ1) is 14.6. The summed E-state index contributed by atoms with van der Waals surface area (Å²) in [5, 5.41) is 6.52. The van der Waals surface area contributed by atoms with Crippen LogP contribution in [0.3, 0.4) is 0 Å². The molecule has 30 heavy (non-hydrogen) atoms. The summed E-state index contributed by atoms with van der Waals surface area (Å²) >= 11 is 0. The second kappa shape index (κ2) is 10.3. The number of benzene rings is 2. The average Bonchev–Trinajstić information content (AvgIpc) is 3.14.